The summed E-state index contributed by atoms with van der Waals surface area (Å²) in [5.74, 6) is 0. The summed E-state index contributed by atoms with van der Waals surface area (Å²) in [5, 5.41) is 3.47. The largest absolute Gasteiger partial charge is 0.380 e. The fourth-order valence-electron chi connectivity index (χ4n) is 1.81. The van der Waals surface area contributed by atoms with Gasteiger partial charge in [0.1, 0.15) is 0 Å². The molecule has 4 heteroatoms. The van der Waals surface area contributed by atoms with Gasteiger partial charge in [0, 0.05) is 32.8 Å². The summed E-state index contributed by atoms with van der Waals surface area (Å²) in [6.45, 7) is 3.21. The Morgan fingerprint density at radius 2 is 1.94 bits per heavy atom. The molecule has 0 heterocycles. The van der Waals surface area contributed by atoms with E-state index in [4.69, 9.17) is 10.5 Å². The highest BCUT2D eigenvalue weighted by atomic mass is 16.5. The Morgan fingerprint density at radius 1 is 1.28 bits per heavy atom. The summed E-state index contributed by atoms with van der Waals surface area (Å²) in [6, 6.07) is 8.65. The van der Waals surface area contributed by atoms with Crippen LogP contribution in [0.3, 0.4) is 0 Å². The van der Waals surface area contributed by atoms with Gasteiger partial charge in [-0.3, -0.25) is 0 Å². The molecule has 0 fully saturated rings. The maximum absolute atomic E-state index is 5.82. The lowest BCUT2D eigenvalue weighted by Gasteiger charge is -2.19. The maximum Gasteiger partial charge on any atom is 0.0713 e. The molecule has 0 aliphatic heterocycles. The van der Waals surface area contributed by atoms with Crippen molar-refractivity contribution in [1.82, 2.24) is 10.2 Å². The molecule has 1 aromatic carbocycles. The minimum Gasteiger partial charge on any atom is -0.380 e. The molecule has 0 radical (unpaired) electrons. The zero-order valence-corrected chi connectivity index (χ0v) is 11.6. The average molecular weight is 251 g/mol. The second-order valence-corrected chi connectivity index (χ2v) is 4.72. The standard InChI is InChI=1S/C14H25N3O/c1-17(2)9-8-16-14(10-15)13-6-4-12(5-7-13)11-18-3/h4-7,14,16H,8-11,15H2,1-3H3. The molecule has 0 aliphatic carbocycles. The molecule has 4 nitrogen and oxygen atoms in total. The summed E-state index contributed by atoms with van der Waals surface area (Å²) in [4.78, 5) is 2.16. The van der Waals surface area contributed by atoms with Crippen LogP contribution in [0, 0.1) is 0 Å². The molecule has 3 N–H and O–H groups in total. The Balaban J connectivity index is 2.53. The van der Waals surface area contributed by atoms with Crippen molar-refractivity contribution in [2.45, 2.75) is 12.6 Å². The highest BCUT2D eigenvalue weighted by Gasteiger charge is 2.08. The second kappa shape index (κ2) is 8.21. The van der Waals surface area contributed by atoms with Crippen LogP contribution in [0.25, 0.3) is 0 Å². The SMILES string of the molecule is COCc1ccc(C(CN)NCCN(C)C)cc1. The van der Waals surface area contributed by atoms with Crippen LogP contribution in [0.1, 0.15) is 17.2 Å². The van der Waals surface area contributed by atoms with Gasteiger partial charge in [-0.1, -0.05) is 24.3 Å². The molecule has 1 aromatic rings. The van der Waals surface area contributed by atoms with Crippen molar-refractivity contribution in [2.24, 2.45) is 5.73 Å². The molecule has 0 amide bonds. The first-order valence-electron chi connectivity index (χ1n) is 6.33. The molecule has 0 bridgehead atoms. The van der Waals surface area contributed by atoms with Crippen LogP contribution in [0.5, 0.6) is 0 Å². The van der Waals surface area contributed by atoms with Gasteiger partial charge in [-0.2, -0.15) is 0 Å². The van der Waals surface area contributed by atoms with E-state index in [0.717, 1.165) is 13.1 Å². The maximum atomic E-state index is 5.82. The highest BCUT2D eigenvalue weighted by molar-refractivity contribution is 5.25. The van der Waals surface area contributed by atoms with Crippen molar-refractivity contribution in [3.05, 3.63) is 35.4 Å². The summed E-state index contributed by atoms with van der Waals surface area (Å²) in [6.07, 6.45) is 0. The summed E-state index contributed by atoms with van der Waals surface area (Å²) in [7, 11) is 5.84. The van der Waals surface area contributed by atoms with E-state index in [2.05, 4.69) is 48.6 Å². The van der Waals surface area contributed by atoms with E-state index in [1.165, 1.54) is 11.1 Å². The normalized spacial score (nSPS) is 12.9. The lowest BCUT2D eigenvalue weighted by atomic mass is 10.1. The number of methoxy groups -OCH3 is 1. The number of hydrogen-bond donors (Lipinski definition) is 2. The minimum atomic E-state index is 0.224. The Hall–Kier alpha value is -0.940. The predicted molar refractivity (Wildman–Crippen MR) is 75.5 cm³/mol. The highest BCUT2D eigenvalue weighted by Crippen LogP contribution is 2.13. The van der Waals surface area contributed by atoms with Gasteiger partial charge in [0.25, 0.3) is 0 Å². The number of ether oxygens (including phenoxy) is 1. The molecule has 0 aliphatic rings. The van der Waals surface area contributed by atoms with Crippen LogP contribution in [0.4, 0.5) is 0 Å². The van der Waals surface area contributed by atoms with Crippen molar-refractivity contribution < 1.29 is 4.74 Å². The average Bonchev–Trinajstić information content (AvgIpc) is 2.36. The Kier molecular flexibility index (Phi) is 6.90. The number of rotatable bonds is 8. The summed E-state index contributed by atoms with van der Waals surface area (Å²) < 4.78 is 5.10. The van der Waals surface area contributed by atoms with E-state index in [9.17, 15) is 0 Å². The molecule has 18 heavy (non-hydrogen) atoms. The molecule has 1 rings (SSSR count). The quantitative estimate of drug-likeness (QED) is 0.723. The number of benzene rings is 1. The van der Waals surface area contributed by atoms with E-state index < -0.39 is 0 Å². The van der Waals surface area contributed by atoms with Gasteiger partial charge in [-0.25, -0.2) is 0 Å². The lowest BCUT2D eigenvalue weighted by Crippen LogP contribution is -2.33. The molecule has 0 aromatic heterocycles. The molecule has 1 atom stereocenters. The van der Waals surface area contributed by atoms with E-state index in [1.54, 1.807) is 7.11 Å². The van der Waals surface area contributed by atoms with Crippen LogP contribution in [0.2, 0.25) is 0 Å². The zero-order valence-electron chi connectivity index (χ0n) is 11.6. The first kappa shape index (κ1) is 15.1. The molecule has 0 saturated carbocycles. The number of likely N-dealkylation sites (N-methyl/N-ethyl adjacent to an activating group) is 1. The third-order valence-electron chi connectivity index (χ3n) is 2.88. The Morgan fingerprint density at radius 3 is 2.44 bits per heavy atom. The van der Waals surface area contributed by atoms with Gasteiger partial charge in [-0.15, -0.1) is 0 Å². The first-order chi connectivity index (χ1) is 8.67. The van der Waals surface area contributed by atoms with Crippen molar-refractivity contribution in [1.29, 1.82) is 0 Å². The first-order valence-corrected chi connectivity index (χ1v) is 6.33. The number of nitrogens with one attached hydrogen (secondary N) is 1. The van der Waals surface area contributed by atoms with Crippen LogP contribution in [0.15, 0.2) is 24.3 Å². The van der Waals surface area contributed by atoms with Crippen molar-refractivity contribution in [3.8, 4) is 0 Å². The van der Waals surface area contributed by atoms with Gasteiger partial charge in [-0.05, 0) is 25.2 Å². The topological polar surface area (TPSA) is 50.5 Å². The van der Waals surface area contributed by atoms with Crippen LogP contribution in [-0.2, 0) is 11.3 Å². The molecular weight excluding hydrogens is 226 g/mol. The third-order valence-corrected chi connectivity index (χ3v) is 2.88. The minimum absolute atomic E-state index is 0.224. The fraction of sp³-hybridized carbons (Fsp3) is 0.571. The molecule has 0 saturated heterocycles. The van der Waals surface area contributed by atoms with Gasteiger partial charge >= 0.3 is 0 Å². The van der Waals surface area contributed by atoms with Crippen molar-refractivity contribution in [2.75, 3.05) is 40.8 Å². The summed E-state index contributed by atoms with van der Waals surface area (Å²) in [5.41, 5.74) is 8.24. The smallest absolute Gasteiger partial charge is 0.0713 e. The Labute approximate surface area is 110 Å². The lowest BCUT2D eigenvalue weighted by molar-refractivity contribution is 0.185. The summed E-state index contributed by atoms with van der Waals surface area (Å²) >= 11 is 0. The van der Waals surface area contributed by atoms with Gasteiger partial charge < -0.3 is 20.7 Å². The van der Waals surface area contributed by atoms with Crippen molar-refractivity contribution in [3.63, 3.8) is 0 Å². The zero-order chi connectivity index (χ0) is 13.4. The fourth-order valence-corrected chi connectivity index (χ4v) is 1.81. The van der Waals surface area contributed by atoms with Gasteiger partial charge in [0.05, 0.1) is 6.61 Å². The second-order valence-electron chi connectivity index (χ2n) is 4.72. The van der Waals surface area contributed by atoms with E-state index >= 15 is 0 Å². The molecule has 1 unspecified atom stereocenters. The molecule has 102 valence electrons. The third kappa shape index (κ3) is 5.14. The van der Waals surface area contributed by atoms with E-state index in [1.807, 2.05) is 0 Å². The van der Waals surface area contributed by atoms with Crippen LogP contribution in [-0.4, -0.2) is 45.7 Å². The number of nitrogens with zero attached hydrogens (tertiary/aromatic N) is 1. The predicted octanol–water partition coefficient (Wildman–Crippen LogP) is 0.984. The molecular formula is C14H25N3O. The number of hydrogen-bond acceptors (Lipinski definition) is 4. The van der Waals surface area contributed by atoms with Crippen LogP contribution < -0.4 is 11.1 Å². The van der Waals surface area contributed by atoms with Crippen LogP contribution >= 0.6 is 0 Å². The van der Waals surface area contributed by atoms with E-state index in [0.29, 0.717) is 13.2 Å². The van der Waals surface area contributed by atoms with Gasteiger partial charge in [0.2, 0.25) is 0 Å². The van der Waals surface area contributed by atoms with E-state index in [-0.39, 0.29) is 6.04 Å². The Bertz CT molecular complexity index is 324. The van der Waals surface area contributed by atoms with Gasteiger partial charge in [0.15, 0.2) is 0 Å². The molecule has 0 spiro atoms. The number of nitrogens with two attached hydrogens (primary N) is 1. The van der Waals surface area contributed by atoms with Crippen molar-refractivity contribution >= 4 is 0 Å². The monoisotopic (exact) mass is 251 g/mol.